The lowest BCUT2D eigenvalue weighted by molar-refractivity contribution is 0.864. The summed E-state index contributed by atoms with van der Waals surface area (Å²) in [6, 6.07) is 11.7. The van der Waals surface area contributed by atoms with Gasteiger partial charge in [-0.2, -0.15) is 0 Å². The topological polar surface area (TPSA) is 73.1 Å². The maximum absolute atomic E-state index is 11.7. The fourth-order valence-electron chi connectivity index (χ4n) is 2.35. The van der Waals surface area contributed by atoms with Crippen molar-refractivity contribution in [3.8, 4) is 0 Å². The maximum atomic E-state index is 11.7. The van der Waals surface area contributed by atoms with Gasteiger partial charge in [-0.15, -0.1) is 5.53 Å². The number of pyridine rings is 2. The number of anilines is 3. The van der Waals surface area contributed by atoms with E-state index in [9.17, 15) is 4.79 Å². The lowest BCUT2D eigenvalue weighted by atomic mass is 10.2. The number of benzene rings is 1. The van der Waals surface area contributed by atoms with Crippen LogP contribution in [0.1, 0.15) is 0 Å². The molecule has 0 amide bonds. The Morgan fingerprint density at radius 3 is 3.05 bits per heavy atom. The van der Waals surface area contributed by atoms with Crippen LogP contribution in [0.25, 0.3) is 10.9 Å². The predicted octanol–water partition coefficient (Wildman–Crippen LogP) is 1.91. The molecule has 0 unspecified atom stereocenters. The second kappa shape index (κ2) is 4.07. The Morgan fingerprint density at radius 1 is 1.15 bits per heavy atom. The number of nitrogens with zero attached hydrogens (tertiary/aromatic N) is 2. The minimum absolute atomic E-state index is 0.153. The first-order chi connectivity index (χ1) is 9.83. The molecule has 6 nitrogen and oxygen atoms in total. The van der Waals surface area contributed by atoms with Gasteiger partial charge in [-0.1, -0.05) is 6.07 Å². The van der Waals surface area contributed by atoms with Crippen molar-refractivity contribution >= 4 is 28.0 Å². The number of fused-ring (bicyclic) bond motifs is 2. The van der Waals surface area contributed by atoms with Gasteiger partial charge in [0, 0.05) is 17.8 Å². The first-order valence-corrected chi connectivity index (χ1v) is 6.21. The van der Waals surface area contributed by atoms with E-state index in [1.807, 2.05) is 41.4 Å². The van der Waals surface area contributed by atoms with Gasteiger partial charge in [-0.25, -0.2) is 0 Å². The van der Waals surface area contributed by atoms with Gasteiger partial charge in [0.15, 0.2) is 0 Å². The Balaban J connectivity index is 1.86. The summed E-state index contributed by atoms with van der Waals surface area (Å²) in [5.74, 6) is 0. The second-order valence-corrected chi connectivity index (χ2v) is 4.52. The van der Waals surface area contributed by atoms with Crippen molar-refractivity contribution in [2.45, 2.75) is 0 Å². The van der Waals surface area contributed by atoms with E-state index in [1.165, 1.54) is 0 Å². The molecule has 0 saturated carbocycles. The van der Waals surface area contributed by atoms with Crippen LogP contribution in [0.3, 0.4) is 0 Å². The Kier molecular flexibility index (Phi) is 2.24. The molecule has 0 aliphatic carbocycles. The molecular weight excluding hydrogens is 254 g/mol. The normalized spacial score (nSPS) is 13.3. The number of rotatable bonds is 1. The zero-order chi connectivity index (χ0) is 13.5. The van der Waals surface area contributed by atoms with Gasteiger partial charge in [-0.3, -0.25) is 20.2 Å². The third-order valence-corrected chi connectivity index (χ3v) is 3.32. The first-order valence-electron chi connectivity index (χ1n) is 6.21. The number of nitrogens with one attached hydrogen (secondary N) is 3. The zero-order valence-electron chi connectivity index (χ0n) is 10.4. The van der Waals surface area contributed by atoms with Crippen LogP contribution in [-0.4, -0.2) is 9.97 Å². The highest BCUT2D eigenvalue weighted by molar-refractivity contribution is 5.86. The lowest BCUT2D eigenvalue weighted by Crippen LogP contribution is -2.31. The fourth-order valence-corrected chi connectivity index (χ4v) is 2.35. The van der Waals surface area contributed by atoms with Gasteiger partial charge in [0.25, 0.3) is 5.56 Å². The molecule has 1 aliphatic heterocycles. The molecule has 3 aromatic rings. The molecule has 0 saturated heterocycles. The highest BCUT2D eigenvalue weighted by atomic mass is 16.1. The summed E-state index contributed by atoms with van der Waals surface area (Å²) in [5, 5.41) is 2.88. The fraction of sp³-hybridized carbons (Fsp3) is 0. The monoisotopic (exact) mass is 265 g/mol. The van der Waals surface area contributed by atoms with Crippen LogP contribution < -0.4 is 21.5 Å². The van der Waals surface area contributed by atoms with Crippen LogP contribution in [0.15, 0.2) is 53.6 Å². The van der Waals surface area contributed by atoms with Crippen molar-refractivity contribution in [3.63, 3.8) is 0 Å². The third-order valence-electron chi connectivity index (χ3n) is 3.32. The number of hydrazine groups is 2. The van der Waals surface area contributed by atoms with E-state index in [0.717, 1.165) is 22.3 Å². The van der Waals surface area contributed by atoms with Crippen LogP contribution in [0.5, 0.6) is 0 Å². The van der Waals surface area contributed by atoms with Crippen LogP contribution in [-0.2, 0) is 0 Å². The quantitative estimate of drug-likeness (QED) is 0.627. The van der Waals surface area contributed by atoms with E-state index in [2.05, 4.69) is 20.9 Å². The summed E-state index contributed by atoms with van der Waals surface area (Å²) in [6.45, 7) is 0. The van der Waals surface area contributed by atoms with E-state index in [0.29, 0.717) is 5.69 Å². The van der Waals surface area contributed by atoms with Crippen molar-refractivity contribution in [1.29, 1.82) is 0 Å². The van der Waals surface area contributed by atoms with Crippen molar-refractivity contribution in [1.82, 2.24) is 15.5 Å². The molecule has 0 spiro atoms. The van der Waals surface area contributed by atoms with E-state index in [4.69, 9.17) is 0 Å². The van der Waals surface area contributed by atoms with Crippen molar-refractivity contribution in [3.05, 3.63) is 59.1 Å². The van der Waals surface area contributed by atoms with Crippen LogP contribution in [0, 0.1) is 0 Å². The molecule has 1 aliphatic rings. The summed E-state index contributed by atoms with van der Waals surface area (Å²) in [7, 11) is 0. The summed E-state index contributed by atoms with van der Waals surface area (Å²) in [5.41, 5.74) is 8.89. The van der Waals surface area contributed by atoms with Crippen LogP contribution in [0.2, 0.25) is 0 Å². The van der Waals surface area contributed by atoms with Gasteiger partial charge in [0.05, 0.1) is 16.9 Å². The Bertz CT molecular complexity index is 857. The highest BCUT2D eigenvalue weighted by Crippen LogP contribution is 2.32. The molecule has 0 radical (unpaired) electrons. The second-order valence-electron chi connectivity index (χ2n) is 4.52. The largest absolute Gasteiger partial charge is 0.327 e. The summed E-state index contributed by atoms with van der Waals surface area (Å²) in [6.07, 6.45) is 3.40. The SMILES string of the molecule is O=c1[nH]ccc2c1NNN2c1ccc2ncccc2c1. The Hall–Kier alpha value is -2.86. The van der Waals surface area contributed by atoms with E-state index in [1.54, 1.807) is 12.4 Å². The molecule has 0 bridgehead atoms. The molecule has 3 heterocycles. The molecule has 6 heteroatoms. The smallest absolute Gasteiger partial charge is 0.274 e. The van der Waals surface area contributed by atoms with E-state index in [-0.39, 0.29) is 5.56 Å². The molecule has 98 valence electrons. The zero-order valence-corrected chi connectivity index (χ0v) is 10.4. The molecule has 2 aromatic heterocycles. The minimum atomic E-state index is -0.153. The molecule has 0 atom stereocenters. The summed E-state index contributed by atoms with van der Waals surface area (Å²) in [4.78, 5) is 18.6. The number of aromatic nitrogens is 2. The lowest BCUT2D eigenvalue weighted by Gasteiger charge is -2.18. The Morgan fingerprint density at radius 2 is 2.10 bits per heavy atom. The third kappa shape index (κ3) is 1.55. The van der Waals surface area contributed by atoms with Crippen molar-refractivity contribution in [2.75, 3.05) is 10.4 Å². The standard InChI is InChI=1S/C14H11N5O/c20-14-13-12(5-7-16-14)19(18-17-13)10-3-4-11-9(8-10)2-1-6-15-11/h1-8,17-18H,(H,16,20). The van der Waals surface area contributed by atoms with Gasteiger partial charge in [-0.05, 0) is 30.3 Å². The van der Waals surface area contributed by atoms with Crippen LogP contribution in [0.4, 0.5) is 17.1 Å². The number of H-pyrrole nitrogens is 1. The molecule has 20 heavy (non-hydrogen) atoms. The summed E-state index contributed by atoms with van der Waals surface area (Å²) >= 11 is 0. The molecule has 4 rings (SSSR count). The molecule has 1 aromatic carbocycles. The molecule has 0 fully saturated rings. The average Bonchev–Trinajstić information content (AvgIpc) is 2.92. The molecular formula is C14H11N5O. The first kappa shape index (κ1) is 11.0. The number of aromatic amines is 1. The van der Waals surface area contributed by atoms with Gasteiger partial charge < -0.3 is 4.98 Å². The van der Waals surface area contributed by atoms with Crippen molar-refractivity contribution in [2.24, 2.45) is 0 Å². The van der Waals surface area contributed by atoms with Crippen LogP contribution >= 0.6 is 0 Å². The van der Waals surface area contributed by atoms with Gasteiger partial charge in [0.2, 0.25) is 0 Å². The van der Waals surface area contributed by atoms with Gasteiger partial charge in [0.1, 0.15) is 5.69 Å². The minimum Gasteiger partial charge on any atom is -0.327 e. The average molecular weight is 265 g/mol. The maximum Gasteiger partial charge on any atom is 0.274 e. The van der Waals surface area contributed by atoms with E-state index < -0.39 is 0 Å². The predicted molar refractivity (Wildman–Crippen MR) is 77.7 cm³/mol. The number of hydrogen-bond acceptors (Lipinski definition) is 5. The van der Waals surface area contributed by atoms with Crippen molar-refractivity contribution < 1.29 is 0 Å². The summed E-state index contributed by atoms with van der Waals surface area (Å²) < 4.78 is 0. The van der Waals surface area contributed by atoms with E-state index >= 15 is 0 Å². The highest BCUT2D eigenvalue weighted by Gasteiger charge is 2.22. The molecule has 3 N–H and O–H groups in total. The Labute approximate surface area is 114 Å². The number of hydrogen-bond donors (Lipinski definition) is 3. The van der Waals surface area contributed by atoms with Gasteiger partial charge >= 0.3 is 0 Å².